The zero-order valence-electron chi connectivity index (χ0n) is 11.1. The van der Waals surface area contributed by atoms with Crippen LogP contribution in [-0.2, 0) is 19.1 Å². The Morgan fingerprint density at radius 2 is 1.83 bits per heavy atom. The van der Waals surface area contributed by atoms with Crippen molar-refractivity contribution in [1.82, 2.24) is 0 Å². The molecule has 1 heterocycles. The van der Waals surface area contributed by atoms with Crippen LogP contribution in [0, 0.1) is 5.41 Å². The van der Waals surface area contributed by atoms with E-state index in [1.54, 1.807) is 0 Å². The maximum Gasteiger partial charge on any atom is 0.323 e. The lowest BCUT2D eigenvalue weighted by atomic mass is 9.74. The molecule has 1 atom stereocenters. The lowest BCUT2D eigenvalue weighted by Gasteiger charge is -2.32. The van der Waals surface area contributed by atoms with Gasteiger partial charge >= 0.3 is 11.9 Å². The van der Waals surface area contributed by atoms with Crippen molar-refractivity contribution in [2.45, 2.75) is 64.4 Å². The summed E-state index contributed by atoms with van der Waals surface area (Å²) in [4.78, 5) is 24.5. The fourth-order valence-corrected chi connectivity index (χ4v) is 2.87. The van der Waals surface area contributed by atoms with E-state index in [0.29, 0.717) is 19.4 Å². The second-order valence-electron chi connectivity index (χ2n) is 5.36. The third kappa shape index (κ3) is 2.52. The predicted octanol–water partition coefficient (Wildman–Crippen LogP) is 2.60. The van der Waals surface area contributed by atoms with Crippen LogP contribution < -0.4 is 0 Å². The van der Waals surface area contributed by atoms with Crippen molar-refractivity contribution in [2.24, 2.45) is 5.41 Å². The first-order valence-electron chi connectivity index (χ1n) is 7.07. The van der Waals surface area contributed by atoms with Crippen LogP contribution in [0.1, 0.15) is 58.3 Å². The van der Waals surface area contributed by atoms with Crippen LogP contribution in [0.15, 0.2) is 0 Å². The van der Waals surface area contributed by atoms with Crippen LogP contribution in [0.25, 0.3) is 0 Å². The Bertz CT molecular complexity index is 318. The number of hydrogen-bond acceptors (Lipinski definition) is 4. The van der Waals surface area contributed by atoms with Crippen LogP contribution in [0.2, 0.25) is 0 Å². The Morgan fingerprint density at radius 3 is 2.50 bits per heavy atom. The summed E-state index contributed by atoms with van der Waals surface area (Å²) in [6.45, 7) is 2.42. The normalized spacial score (nSPS) is 28.8. The lowest BCUT2D eigenvalue weighted by Crippen LogP contribution is -2.44. The molecule has 2 aliphatic rings. The molecule has 102 valence electrons. The number of hydrogen-bond donors (Lipinski definition) is 0. The van der Waals surface area contributed by atoms with Crippen molar-refractivity contribution in [3.8, 4) is 0 Å². The summed E-state index contributed by atoms with van der Waals surface area (Å²) in [5.74, 6) is -0.704. The maximum absolute atomic E-state index is 12.4. The molecular formula is C14H22O4. The van der Waals surface area contributed by atoms with Crippen molar-refractivity contribution in [3.05, 3.63) is 0 Å². The van der Waals surface area contributed by atoms with Gasteiger partial charge in [0.05, 0.1) is 6.61 Å². The standard InChI is InChI=1S/C14H22O4/c1-2-11-7-6-10-17-12(15)14(13(16)18-11)8-4-3-5-9-14/h11H,2-10H2,1H3. The molecule has 1 aliphatic heterocycles. The Labute approximate surface area is 108 Å². The van der Waals surface area contributed by atoms with Gasteiger partial charge in [0.15, 0.2) is 5.41 Å². The monoisotopic (exact) mass is 254 g/mol. The predicted molar refractivity (Wildman–Crippen MR) is 65.9 cm³/mol. The minimum absolute atomic E-state index is 0.0641. The zero-order valence-corrected chi connectivity index (χ0v) is 11.1. The topological polar surface area (TPSA) is 52.6 Å². The van der Waals surface area contributed by atoms with Crippen LogP contribution in [0.3, 0.4) is 0 Å². The van der Waals surface area contributed by atoms with E-state index in [4.69, 9.17) is 9.47 Å². The molecule has 4 heteroatoms. The van der Waals surface area contributed by atoms with Gasteiger partial charge in [-0.05, 0) is 32.1 Å². The fraction of sp³-hybridized carbons (Fsp3) is 0.857. The Hall–Kier alpha value is -1.06. The quantitative estimate of drug-likeness (QED) is 0.533. The van der Waals surface area contributed by atoms with E-state index in [2.05, 4.69) is 0 Å². The van der Waals surface area contributed by atoms with E-state index in [9.17, 15) is 9.59 Å². The highest BCUT2D eigenvalue weighted by molar-refractivity contribution is 6.00. The van der Waals surface area contributed by atoms with Gasteiger partial charge < -0.3 is 9.47 Å². The summed E-state index contributed by atoms with van der Waals surface area (Å²) < 4.78 is 10.8. The van der Waals surface area contributed by atoms with Crippen molar-refractivity contribution < 1.29 is 19.1 Å². The van der Waals surface area contributed by atoms with Crippen LogP contribution in [0.4, 0.5) is 0 Å². The number of carbonyl (C=O) groups excluding carboxylic acids is 2. The first-order chi connectivity index (χ1) is 8.69. The molecule has 1 spiro atoms. The summed E-state index contributed by atoms with van der Waals surface area (Å²) in [5, 5.41) is 0. The third-order valence-corrected chi connectivity index (χ3v) is 4.12. The summed E-state index contributed by atoms with van der Waals surface area (Å²) in [6, 6.07) is 0. The third-order valence-electron chi connectivity index (χ3n) is 4.12. The van der Waals surface area contributed by atoms with Crippen LogP contribution >= 0.6 is 0 Å². The Balaban J connectivity index is 2.21. The van der Waals surface area contributed by atoms with Crippen LogP contribution in [-0.4, -0.2) is 24.6 Å². The Kier molecular flexibility index (Phi) is 4.25. The summed E-state index contributed by atoms with van der Waals surface area (Å²) in [5.41, 5.74) is -1.00. The fourth-order valence-electron chi connectivity index (χ4n) is 2.87. The van der Waals surface area contributed by atoms with Crippen molar-refractivity contribution in [1.29, 1.82) is 0 Å². The van der Waals surface area contributed by atoms with Gasteiger partial charge in [-0.2, -0.15) is 0 Å². The molecule has 2 fully saturated rings. The molecule has 4 nitrogen and oxygen atoms in total. The van der Waals surface area contributed by atoms with Gasteiger partial charge in [0.2, 0.25) is 0 Å². The van der Waals surface area contributed by atoms with Gasteiger partial charge in [-0.1, -0.05) is 26.2 Å². The van der Waals surface area contributed by atoms with Gasteiger partial charge in [-0.15, -0.1) is 0 Å². The van der Waals surface area contributed by atoms with E-state index >= 15 is 0 Å². The molecule has 2 rings (SSSR count). The summed E-state index contributed by atoms with van der Waals surface area (Å²) in [7, 11) is 0. The van der Waals surface area contributed by atoms with Crippen LogP contribution in [0.5, 0.6) is 0 Å². The summed E-state index contributed by atoms with van der Waals surface area (Å²) in [6.07, 6.45) is 6.35. The van der Waals surface area contributed by atoms with E-state index in [1.165, 1.54) is 0 Å². The zero-order chi connectivity index (χ0) is 13.0. The second kappa shape index (κ2) is 5.72. The minimum atomic E-state index is -1.00. The highest BCUT2D eigenvalue weighted by atomic mass is 16.6. The lowest BCUT2D eigenvalue weighted by molar-refractivity contribution is -0.176. The number of esters is 2. The van der Waals surface area contributed by atoms with Gasteiger partial charge in [-0.3, -0.25) is 9.59 Å². The molecule has 18 heavy (non-hydrogen) atoms. The van der Waals surface area contributed by atoms with Gasteiger partial charge in [0.25, 0.3) is 0 Å². The van der Waals surface area contributed by atoms with Crippen molar-refractivity contribution in [2.75, 3.05) is 6.61 Å². The first kappa shape index (κ1) is 13.4. The molecule has 0 aromatic rings. The second-order valence-corrected chi connectivity index (χ2v) is 5.36. The van der Waals surface area contributed by atoms with E-state index in [0.717, 1.165) is 38.5 Å². The van der Waals surface area contributed by atoms with Gasteiger partial charge in [0.1, 0.15) is 6.10 Å². The molecule has 1 unspecified atom stereocenters. The molecular weight excluding hydrogens is 232 g/mol. The molecule has 0 bridgehead atoms. The highest BCUT2D eigenvalue weighted by Gasteiger charge is 2.50. The molecule has 0 aromatic carbocycles. The van der Waals surface area contributed by atoms with Gasteiger partial charge in [0, 0.05) is 0 Å². The number of carbonyl (C=O) groups is 2. The van der Waals surface area contributed by atoms with E-state index in [-0.39, 0.29) is 18.0 Å². The molecule has 1 saturated carbocycles. The number of rotatable bonds is 1. The Morgan fingerprint density at radius 1 is 1.11 bits per heavy atom. The average molecular weight is 254 g/mol. The maximum atomic E-state index is 12.4. The molecule has 0 amide bonds. The number of ether oxygens (including phenoxy) is 2. The molecule has 0 radical (unpaired) electrons. The molecule has 0 N–H and O–H groups in total. The molecule has 1 saturated heterocycles. The van der Waals surface area contributed by atoms with E-state index < -0.39 is 5.41 Å². The molecule has 1 aliphatic carbocycles. The smallest absolute Gasteiger partial charge is 0.323 e. The van der Waals surface area contributed by atoms with Crippen molar-refractivity contribution in [3.63, 3.8) is 0 Å². The first-order valence-corrected chi connectivity index (χ1v) is 7.07. The van der Waals surface area contributed by atoms with E-state index in [1.807, 2.05) is 6.92 Å². The average Bonchev–Trinajstić information content (AvgIpc) is 2.46. The summed E-state index contributed by atoms with van der Waals surface area (Å²) >= 11 is 0. The highest BCUT2D eigenvalue weighted by Crippen LogP contribution is 2.39. The molecule has 0 aromatic heterocycles. The van der Waals surface area contributed by atoms with Crippen molar-refractivity contribution >= 4 is 11.9 Å². The van der Waals surface area contributed by atoms with Gasteiger partial charge in [-0.25, -0.2) is 0 Å². The SMILES string of the molecule is CCC1CCCOC(=O)C2(CCCCC2)C(=O)O1. The number of cyclic esters (lactones) is 2. The largest absolute Gasteiger partial charge is 0.465 e. The minimum Gasteiger partial charge on any atom is -0.465 e.